The number of nitrogens with one attached hydrogen (secondary N) is 2. The van der Waals surface area contributed by atoms with E-state index >= 15 is 13.2 Å². The second kappa shape index (κ2) is 18.1. The second-order valence-corrected chi connectivity index (χ2v) is 20.0. The molecule has 1 saturated carbocycles. The molecule has 0 bridgehead atoms. The number of aromatic nitrogens is 3. The monoisotopic (exact) mass is 920 g/mol. The summed E-state index contributed by atoms with van der Waals surface area (Å²) in [5, 5.41) is 28.6. The lowest BCUT2D eigenvalue weighted by Gasteiger charge is -2.41. The fraction of sp³-hybridized carbons (Fsp3) is 0.510. The summed E-state index contributed by atoms with van der Waals surface area (Å²) in [4.78, 5) is 44.4. The second-order valence-electron chi connectivity index (χ2n) is 20.0. The average molecular weight is 921 g/mol. The summed E-state index contributed by atoms with van der Waals surface area (Å²) in [5.74, 6) is -0.631. The van der Waals surface area contributed by atoms with Crippen LogP contribution in [-0.4, -0.2) is 106 Å². The predicted molar refractivity (Wildman–Crippen MR) is 251 cm³/mol. The molecule has 1 unspecified atom stereocenters. The number of hydrogen-bond acceptors (Lipinski definition) is 12. The molecule has 3 aromatic carbocycles. The molecule has 5 aliphatic rings. The highest BCUT2D eigenvalue weighted by Crippen LogP contribution is 2.48. The smallest absolute Gasteiger partial charge is 0.319 e. The number of phenols is 1. The van der Waals surface area contributed by atoms with E-state index < -0.39 is 23.3 Å². The van der Waals surface area contributed by atoms with Gasteiger partial charge in [0.1, 0.15) is 40.5 Å². The number of halogens is 3. The van der Waals surface area contributed by atoms with Crippen LogP contribution in [0.4, 0.5) is 30.4 Å². The fourth-order valence-electron chi connectivity index (χ4n) is 11.2. The summed E-state index contributed by atoms with van der Waals surface area (Å²) in [7, 11) is 0. The molecule has 0 radical (unpaired) electrons. The van der Waals surface area contributed by atoms with Crippen LogP contribution < -0.4 is 25.2 Å². The number of imide groups is 1. The van der Waals surface area contributed by atoms with E-state index in [0.29, 0.717) is 89.6 Å². The molecule has 2 amide bonds. The third kappa shape index (κ3) is 9.31. The zero-order valence-corrected chi connectivity index (χ0v) is 38.2. The third-order valence-electron chi connectivity index (χ3n) is 15.1. The van der Waals surface area contributed by atoms with Crippen molar-refractivity contribution < 1.29 is 37.7 Å². The Morgan fingerprint density at radius 2 is 1.66 bits per heavy atom. The van der Waals surface area contributed by atoms with Crippen LogP contribution in [0.25, 0.3) is 32.9 Å². The van der Waals surface area contributed by atoms with Crippen LogP contribution >= 0.6 is 0 Å². The minimum absolute atomic E-state index is 0.00119. The number of anilines is 3. The van der Waals surface area contributed by atoms with Gasteiger partial charge in [0.15, 0.2) is 5.82 Å². The van der Waals surface area contributed by atoms with Gasteiger partial charge in [-0.05, 0) is 149 Å². The minimum atomic E-state index is -0.972. The number of likely N-dealkylation sites (tertiary alicyclic amines) is 1. The van der Waals surface area contributed by atoms with Crippen molar-refractivity contribution in [2.24, 2.45) is 17.3 Å². The Balaban J connectivity index is 0.795. The van der Waals surface area contributed by atoms with E-state index in [0.717, 1.165) is 71.2 Å². The van der Waals surface area contributed by atoms with E-state index in [9.17, 15) is 19.8 Å². The zero-order chi connectivity index (χ0) is 46.6. The molecule has 10 rings (SSSR count). The van der Waals surface area contributed by atoms with Gasteiger partial charge < -0.3 is 35.0 Å². The van der Waals surface area contributed by atoms with Gasteiger partial charge in [-0.25, -0.2) is 13.2 Å². The van der Waals surface area contributed by atoms with Crippen LogP contribution in [0.2, 0.25) is 0 Å². The number of β-amino-alcohol motifs (C(OH)–C–C–N with tert-alkyl or cyclic N) is 1. The Morgan fingerprint density at radius 1 is 0.896 bits per heavy atom. The molecule has 4 N–H and O–H groups in total. The molecule has 4 saturated heterocycles. The molecule has 13 nitrogen and oxygen atoms in total. The first-order valence-corrected chi connectivity index (χ1v) is 24.0. The SMILES string of the molecule is CCc1c(F)ccc2cc(O)cc(-c3ncc4c(N5CCC[C@@](C)(O)C5)nc(OCC5(CN6CCC(C7CCN(c8ccc(NC9CCC(=O)NC9=O)cc8F)CC7)CC6)CC5)nc4c3F)c12. The maximum Gasteiger partial charge on any atom is 0.319 e. The van der Waals surface area contributed by atoms with Gasteiger partial charge in [-0.2, -0.15) is 9.97 Å². The Labute approximate surface area is 388 Å². The van der Waals surface area contributed by atoms with Gasteiger partial charge in [0.25, 0.3) is 0 Å². The number of aryl methyl sites for hydroxylation is 1. The number of nitrogens with zero attached hydrogens (tertiary/aromatic N) is 6. The number of carbonyl (C=O) groups excluding carboxylic acids is 2. The van der Waals surface area contributed by atoms with Crippen molar-refractivity contribution in [3.8, 4) is 23.0 Å². The molecule has 4 aliphatic heterocycles. The zero-order valence-electron chi connectivity index (χ0n) is 38.2. The number of rotatable bonds is 12. The Kier molecular flexibility index (Phi) is 12.1. The number of aromatic hydroxyl groups is 1. The molecule has 2 aromatic heterocycles. The van der Waals surface area contributed by atoms with E-state index in [-0.39, 0.29) is 64.5 Å². The van der Waals surface area contributed by atoms with Crippen molar-refractivity contribution in [3.05, 3.63) is 71.7 Å². The molecule has 16 heteroatoms. The van der Waals surface area contributed by atoms with Crippen molar-refractivity contribution in [3.63, 3.8) is 0 Å². The summed E-state index contributed by atoms with van der Waals surface area (Å²) in [5.41, 5.74) is 0.642. The van der Waals surface area contributed by atoms with Crippen molar-refractivity contribution >= 4 is 50.7 Å². The van der Waals surface area contributed by atoms with Gasteiger partial charge in [-0.15, -0.1) is 0 Å². The normalized spacial score (nSPS) is 22.9. The summed E-state index contributed by atoms with van der Waals surface area (Å²) in [6.45, 7) is 9.30. The number of hydrogen-bond donors (Lipinski definition) is 4. The van der Waals surface area contributed by atoms with Gasteiger partial charge in [0.05, 0.1) is 23.3 Å². The first-order chi connectivity index (χ1) is 32.2. The molecule has 1 aliphatic carbocycles. The molecule has 2 atom stereocenters. The highest BCUT2D eigenvalue weighted by Gasteiger charge is 2.46. The first-order valence-electron chi connectivity index (χ1n) is 24.0. The standard InChI is InChI=1S/C51H59F3N8O5/c1-3-35-38(52)7-5-32-23-34(63)25-36(43(32)35)45-44(54)46-37(26-55-45)47(62-18-4-15-50(2,66)27-62)59-49(58-46)67-29-51(16-17-51)28-60-19-11-30(12-20-60)31-13-21-61(22-14-31)41-9-6-33(24-39(41)53)56-40-8-10-42(64)57-48(40)65/h5-7,9,23-26,30-31,40,56,63,66H,3-4,8,10-22,27-29H2,1-2H3,(H,57,64,65)/t40?,50-/m1/s1. The van der Waals surface area contributed by atoms with E-state index in [4.69, 9.17) is 9.72 Å². The van der Waals surface area contributed by atoms with Crippen molar-refractivity contribution in [2.75, 3.05) is 67.5 Å². The van der Waals surface area contributed by atoms with Crippen LogP contribution in [0.1, 0.15) is 83.6 Å². The molecule has 5 aromatic rings. The number of carbonyl (C=O) groups is 2. The number of phenolic OH excluding ortho intramolecular Hbond substituents is 1. The van der Waals surface area contributed by atoms with Crippen LogP contribution in [0.15, 0.2) is 48.7 Å². The summed E-state index contributed by atoms with van der Waals surface area (Å²) < 4.78 is 54.1. The third-order valence-corrected chi connectivity index (χ3v) is 15.1. The first kappa shape index (κ1) is 45.1. The van der Waals surface area contributed by atoms with Gasteiger partial charge in [0, 0.05) is 62.0 Å². The van der Waals surface area contributed by atoms with E-state index in [2.05, 4.69) is 30.4 Å². The molecular formula is C51H59F3N8O5. The quantitative estimate of drug-likeness (QED) is 0.0900. The summed E-state index contributed by atoms with van der Waals surface area (Å²) in [6.07, 6.45) is 10.0. The van der Waals surface area contributed by atoms with Crippen molar-refractivity contribution in [2.45, 2.75) is 96.1 Å². The minimum Gasteiger partial charge on any atom is -0.508 e. The highest BCUT2D eigenvalue weighted by molar-refractivity contribution is 6.02. The van der Waals surface area contributed by atoms with Gasteiger partial charge in [-0.1, -0.05) is 13.0 Å². The predicted octanol–water partition coefficient (Wildman–Crippen LogP) is 7.89. The molecule has 6 heterocycles. The van der Waals surface area contributed by atoms with Gasteiger partial charge in [-0.3, -0.25) is 19.9 Å². The lowest BCUT2D eigenvalue weighted by atomic mass is 9.78. The van der Waals surface area contributed by atoms with E-state index in [1.54, 1.807) is 25.1 Å². The lowest BCUT2D eigenvalue weighted by Crippen LogP contribution is -2.47. The number of fused-ring (bicyclic) bond motifs is 2. The Bertz CT molecular complexity index is 2720. The van der Waals surface area contributed by atoms with Crippen LogP contribution in [0.5, 0.6) is 11.8 Å². The number of aliphatic hydroxyl groups is 1. The Morgan fingerprint density at radius 3 is 2.36 bits per heavy atom. The van der Waals surface area contributed by atoms with Gasteiger partial charge >= 0.3 is 6.01 Å². The van der Waals surface area contributed by atoms with Crippen LogP contribution in [0, 0.1) is 34.7 Å². The van der Waals surface area contributed by atoms with Gasteiger partial charge in [0.2, 0.25) is 11.8 Å². The van der Waals surface area contributed by atoms with Crippen molar-refractivity contribution in [1.29, 1.82) is 0 Å². The number of ether oxygens (including phenoxy) is 1. The fourth-order valence-corrected chi connectivity index (χ4v) is 11.2. The molecular weight excluding hydrogens is 862 g/mol. The maximum atomic E-state index is 17.1. The maximum absolute atomic E-state index is 17.1. The topological polar surface area (TPSA) is 156 Å². The number of pyridine rings is 1. The molecule has 67 heavy (non-hydrogen) atoms. The van der Waals surface area contributed by atoms with E-state index in [1.807, 2.05) is 11.8 Å². The Hall–Kier alpha value is -5.74. The highest BCUT2D eigenvalue weighted by atomic mass is 19.1. The molecule has 0 spiro atoms. The number of amides is 2. The van der Waals surface area contributed by atoms with E-state index in [1.165, 1.54) is 30.5 Å². The molecule has 5 fully saturated rings. The van der Waals surface area contributed by atoms with Crippen molar-refractivity contribution in [1.82, 2.24) is 25.2 Å². The van der Waals surface area contributed by atoms with Crippen LogP contribution in [-0.2, 0) is 16.0 Å². The summed E-state index contributed by atoms with van der Waals surface area (Å²) >= 11 is 0. The average Bonchev–Trinajstić information content (AvgIpc) is 4.08. The number of benzene rings is 3. The summed E-state index contributed by atoms with van der Waals surface area (Å²) in [6, 6.07) is 10.4. The largest absolute Gasteiger partial charge is 0.508 e. The lowest BCUT2D eigenvalue weighted by molar-refractivity contribution is -0.133. The molecule has 354 valence electrons. The number of piperidine rings is 4. The van der Waals surface area contributed by atoms with Crippen LogP contribution in [0.3, 0.4) is 0 Å².